The number of nitrogens with two attached hydrogens (primary N) is 1. The van der Waals surface area contributed by atoms with E-state index < -0.39 is 17.6 Å². The molecule has 0 saturated heterocycles. The third kappa shape index (κ3) is 10.2. The van der Waals surface area contributed by atoms with Gasteiger partial charge < -0.3 is 30.9 Å². The lowest BCUT2D eigenvalue weighted by molar-refractivity contribution is -0.126. The summed E-state index contributed by atoms with van der Waals surface area (Å²) in [5, 5.41) is 16.6. The molecule has 2 rings (SSSR count). The van der Waals surface area contributed by atoms with Crippen molar-refractivity contribution < 1.29 is 24.2 Å². The molecular weight excluding hydrogens is 506 g/mol. The smallest absolute Gasteiger partial charge is 0.255 e. The highest BCUT2D eigenvalue weighted by Gasteiger charge is 2.31. The second kappa shape index (κ2) is 16.4. The summed E-state index contributed by atoms with van der Waals surface area (Å²) in [6.45, 7) is 11.5. The Morgan fingerprint density at radius 3 is 2.38 bits per heavy atom. The predicted octanol–water partition coefficient (Wildman–Crippen LogP) is 3.97. The number of amides is 2. The number of rotatable bonds is 17. The molecule has 0 aliphatic rings. The third-order valence-electron chi connectivity index (χ3n) is 7.45. The standard InChI is InChI=1S/C32H49N3O5/c1-22(2)24(20-34-30(37)26-14-7-8-15-29(26)40-17-10-9-16-39-6)19-27(33)28(36)21-35-31(38)32(4,5)25-13-11-12-23(3)18-25/h7-8,11-15,18,22,24,27-28,36H,9-10,16-17,19-21,33H2,1-6H3,(H,34,37)(H,35,38). The number of aliphatic hydroxyl groups is 1. The number of unbranched alkanes of at least 4 members (excludes halogenated alkanes) is 1. The van der Waals surface area contributed by atoms with Gasteiger partial charge >= 0.3 is 0 Å². The summed E-state index contributed by atoms with van der Waals surface area (Å²) >= 11 is 0. The molecule has 0 aliphatic carbocycles. The van der Waals surface area contributed by atoms with Gasteiger partial charge in [0.1, 0.15) is 5.75 Å². The molecule has 2 amide bonds. The highest BCUT2D eigenvalue weighted by molar-refractivity contribution is 5.96. The summed E-state index contributed by atoms with van der Waals surface area (Å²) < 4.78 is 10.9. The van der Waals surface area contributed by atoms with Gasteiger partial charge in [-0.1, -0.05) is 55.8 Å². The van der Waals surface area contributed by atoms with E-state index in [9.17, 15) is 14.7 Å². The Morgan fingerprint density at radius 2 is 1.70 bits per heavy atom. The van der Waals surface area contributed by atoms with Crippen LogP contribution in [0, 0.1) is 18.8 Å². The van der Waals surface area contributed by atoms with Crippen molar-refractivity contribution in [2.75, 3.05) is 33.4 Å². The van der Waals surface area contributed by atoms with Gasteiger partial charge in [-0.2, -0.15) is 0 Å². The Bertz CT molecular complexity index is 1070. The van der Waals surface area contributed by atoms with E-state index in [4.69, 9.17) is 15.2 Å². The summed E-state index contributed by atoms with van der Waals surface area (Å²) in [7, 11) is 1.67. The van der Waals surface area contributed by atoms with Crippen LogP contribution in [0.1, 0.15) is 68.4 Å². The first-order valence-electron chi connectivity index (χ1n) is 14.2. The summed E-state index contributed by atoms with van der Waals surface area (Å²) in [5.41, 5.74) is 8.11. The number of hydrogen-bond acceptors (Lipinski definition) is 6. The molecule has 0 radical (unpaired) electrons. The van der Waals surface area contributed by atoms with E-state index in [0.717, 1.165) is 24.0 Å². The molecule has 0 saturated carbocycles. The second-order valence-electron chi connectivity index (χ2n) is 11.4. The Balaban J connectivity index is 1.90. The van der Waals surface area contributed by atoms with Crippen molar-refractivity contribution in [2.45, 2.75) is 71.4 Å². The SMILES string of the molecule is COCCCCOc1ccccc1C(=O)NCC(CC(N)C(O)CNC(=O)C(C)(C)c1cccc(C)c1)C(C)C. The summed E-state index contributed by atoms with van der Waals surface area (Å²) in [6.07, 6.45) is 1.31. The molecular formula is C32H49N3O5. The second-order valence-corrected chi connectivity index (χ2v) is 11.4. The van der Waals surface area contributed by atoms with Gasteiger partial charge in [0.05, 0.1) is 23.7 Å². The maximum Gasteiger partial charge on any atom is 0.255 e. The first kappa shape index (κ1) is 33.3. The van der Waals surface area contributed by atoms with E-state index in [0.29, 0.717) is 37.5 Å². The number of benzene rings is 2. The number of aliphatic hydroxyl groups excluding tert-OH is 1. The topological polar surface area (TPSA) is 123 Å². The average molecular weight is 556 g/mol. The lowest BCUT2D eigenvalue weighted by atomic mass is 9.83. The van der Waals surface area contributed by atoms with Gasteiger partial charge in [0.15, 0.2) is 0 Å². The van der Waals surface area contributed by atoms with Crippen LogP contribution < -0.4 is 21.1 Å². The normalized spacial score (nSPS) is 13.9. The van der Waals surface area contributed by atoms with Gasteiger partial charge in [0.2, 0.25) is 5.91 Å². The van der Waals surface area contributed by atoms with Crippen LogP contribution in [-0.4, -0.2) is 62.5 Å². The number of hydrogen-bond donors (Lipinski definition) is 4. The van der Waals surface area contributed by atoms with Gasteiger partial charge in [-0.05, 0) is 69.6 Å². The fourth-order valence-electron chi connectivity index (χ4n) is 4.46. The quantitative estimate of drug-likeness (QED) is 0.219. The Hall–Kier alpha value is -2.94. The van der Waals surface area contributed by atoms with Crippen molar-refractivity contribution in [3.63, 3.8) is 0 Å². The van der Waals surface area contributed by atoms with Crippen LogP contribution >= 0.6 is 0 Å². The summed E-state index contributed by atoms with van der Waals surface area (Å²) in [5.74, 6) is 0.431. The zero-order valence-corrected chi connectivity index (χ0v) is 25.0. The first-order valence-corrected chi connectivity index (χ1v) is 14.2. The molecule has 2 aromatic carbocycles. The van der Waals surface area contributed by atoms with E-state index in [-0.39, 0.29) is 30.2 Å². The van der Waals surface area contributed by atoms with Crippen LogP contribution in [0.2, 0.25) is 0 Å². The zero-order chi connectivity index (χ0) is 29.7. The molecule has 3 unspecified atom stereocenters. The minimum atomic E-state index is -0.915. The van der Waals surface area contributed by atoms with Crippen LogP contribution in [0.4, 0.5) is 0 Å². The lowest BCUT2D eigenvalue weighted by Gasteiger charge is -2.29. The van der Waals surface area contributed by atoms with Crippen LogP contribution in [0.3, 0.4) is 0 Å². The zero-order valence-electron chi connectivity index (χ0n) is 25.0. The van der Waals surface area contributed by atoms with E-state index >= 15 is 0 Å². The first-order chi connectivity index (χ1) is 19.0. The fourth-order valence-corrected chi connectivity index (χ4v) is 4.46. The van der Waals surface area contributed by atoms with Gasteiger partial charge in [0.25, 0.3) is 5.91 Å². The molecule has 0 spiro atoms. The molecule has 3 atom stereocenters. The van der Waals surface area contributed by atoms with Crippen molar-refractivity contribution in [3.05, 3.63) is 65.2 Å². The molecule has 5 N–H and O–H groups in total. The Morgan fingerprint density at radius 1 is 1.00 bits per heavy atom. The van der Waals surface area contributed by atoms with Crippen LogP contribution in [0.5, 0.6) is 5.75 Å². The van der Waals surface area contributed by atoms with E-state index in [1.807, 2.05) is 57.2 Å². The number of ether oxygens (including phenoxy) is 2. The molecule has 0 aliphatic heterocycles. The number of carbonyl (C=O) groups excluding carboxylic acids is 2. The van der Waals surface area contributed by atoms with E-state index in [2.05, 4.69) is 24.5 Å². The van der Waals surface area contributed by atoms with Gasteiger partial charge in [-0.15, -0.1) is 0 Å². The number of methoxy groups -OCH3 is 1. The maximum absolute atomic E-state index is 13.0. The monoisotopic (exact) mass is 555 g/mol. The summed E-state index contributed by atoms with van der Waals surface area (Å²) in [6, 6.07) is 14.5. The van der Waals surface area contributed by atoms with Crippen LogP contribution in [0.25, 0.3) is 0 Å². The molecule has 0 bridgehead atoms. The number of carbonyl (C=O) groups is 2. The van der Waals surface area contributed by atoms with Gasteiger partial charge in [-0.25, -0.2) is 0 Å². The molecule has 0 heterocycles. The molecule has 40 heavy (non-hydrogen) atoms. The number of para-hydroxylation sites is 1. The third-order valence-corrected chi connectivity index (χ3v) is 7.45. The fraction of sp³-hybridized carbons (Fsp3) is 0.562. The highest BCUT2D eigenvalue weighted by atomic mass is 16.5. The Kier molecular flexibility index (Phi) is 13.6. The molecule has 8 nitrogen and oxygen atoms in total. The number of nitrogens with one attached hydrogen (secondary N) is 2. The minimum absolute atomic E-state index is 0.0372. The van der Waals surface area contributed by atoms with Crippen LogP contribution in [0.15, 0.2) is 48.5 Å². The van der Waals surface area contributed by atoms with E-state index in [1.165, 1.54) is 0 Å². The van der Waals surface area contributed by atoms with E-state index in [1.54, 1.807) is 19.2 Å². The largest absolute Gasteiger partial charge is 0.493 e. The minimum Gasteiger partial charge on any atom is -0.493 e. The van der Waals surface area contributed by atoms with Crippen LogP contribution in [-0.2, 0) is 14.9 Å². The highest BCUT2D eigenvalue weighted by Crippen LogP contribution is 2.24. The van der Waals surface area contributed by atoms with Crippen molar-refractivity contribution in [1.29, 1.82) is 0 Å². The molecule has 0 fully saturated rings. The number of aryl methyl sites for hydroxylation is 1. The predicted molar refractivity (Wildman–Crippen MR) is 160 cm³/mol. The van der Waals surface area contributed by atoms with Crippen molar-refractivity contribution >= 4 is 11.8 Å². The molecule has 222 valence electrons. The molecule has 2 aromatic rings. The van der Waals surface area contributed by atoms with Crippen molar-refractivity contribution in [2.24, 2.45) is 17.6 Å². The van der Waals surface area contributed by atoms with Gasteiger partial charge in [-0.3, -0.25) is 9.59 Å². The Labute approximate surface area is 240 Å². The van der Waals surface area contributed by atoms with Crippen molar-refractivity contribution in [1.82, 2.24) is 10.6 Å². The lowest BCUT2D eigenvalue weighted by Crippen LogP contribution is -2.49. The van der Waals surface area contributed by atoms with Gasteiger partial charge in [0, 0.05) is 32.8 Å². The molecule has 0 aromatic heterocycles. The molecule has 8 heteroatoms. The maximum atomic E-state index is 13.0. The average Bonchev–Trinajstić information content (AvgIpc) is 2.93. The van der Waals surface area contributed by atoms with Crippen molar-refractivity contribution in [3.8, 4) is 5.75 Å². The summed E-state index contributed by atoms with van der Waals surface area (Å²) in [4.78, 5) is 26.0.